The molecule has 1 amide bonds. The molecule has 0 bridgehead atoms. The van der Waals surface area contributed by atoms with Crippen molar-refractivity contribution in [2.75, 3.05) is 23.3 Å². The molecule has 1 aliphatic heterocycles. The van der Waals surface area contributed by atoms with Gasteiger partial charge in [0.05, 0.1) is 22.6 Å². The Morgan fingerprint density at radius 3 is 2.62 bits per heavy atom. The monoisotopic (exact) mass is 436 g/mol. The van der Waals surface area contributed by atoms with E-state index in [0.717, 1.165) is 18.8 Å². The zero-order valence-corrected chi connectivity index (χ0v) is 18.4. The number of fused-ring (bicyclic) bond motifs is 2. The van der Waals surface area contributed by atoms with E-state index in [1.807, 2.05) is 6.07 Å². The van der Waals surface area contributed by atoms with Crippen LogP contribution < -0.4 is 15.5 Å². The summed E-state index contributed by atoms with van der Waals surface area (Å²) in [6, 6.07) is 5.62. The zero-order chi connectivity index (χ0) is 22.6. The van der Waals surface area contributed by atoms with Gasteiger partial charge in [0, 0.05) is 50.7 Å². The standard InChI is InChI=1S/C22H25FN8O/c1-12-8-30(9-13(2)24-12)18-6-5-16(19-20(18)28-29(4)27-19)22(32)26-15-7-17(23)21-25-14(3)10-31(21)11-15/h5-7,10-13,24H,8-9H2,1-4H3,(H,26,32). The van der Waals surface area contributed by atoms with Gasteiger partial charge < -0.3 is 19.9 Å². The van der Waals surface area contributed by atoms with Gasteiger partial charge in [0.25, 0.3) is 5.91 Å². The molecule has 3 aromatic heterocycles. The number of piperazine rings is 1. The summed E-state index contributed by atoms with van der Waals surface area (Å²) >= 11 is 0. The third-order valence-corrected chi connectivity index (χ3v) is 5.65. The van der Waals surface area contributed by atoms with Crippen LogP contribution in [0.3, 0.4) is 0 Å². The number of carbonyl (C=O) groups excluding carboxylic acids is 1. The lowest BCUT2D eigenvalue weighted by Gasteiger charge is -2.37. The maximum atomic E-state index is 14.4. The molecule has 2 atom stereocenters. The molecule has 10 heteroatoms. The van der Waals surface area contributed by atoms with Crippen LogP contribution >= 0.6 is 0 Å². The van der Waals surface area contributed by atoms with Crippen molar-refractivity contribution >= 4 is 34.0 Å². The summed E-state index contributed by atoms with van der Waals surface area (Å²) in [4.78, 5) is 21.0. The Bertz CT molecular complexity index is 1330. The molecule has 1 fully saturated rings. The molecule has 9 nitrogen and oxygen atoms in total. The van der Waals surface area contributed by atoms with Gasteiger partial charge in [-0.2, -0.15) is 15.0 Å². The highest BCUT2D eigenvalue weighted by molar-refractivity contribution is 6.13. The summed E-state index contributed by atoms with van der Waals surface area (Å²) < 4.78 is 16.0. The van der Waals surface area contributed by atoms with Gasteiger partial charge in [-0.1, -0.05) is 0 Å². The van der Waals surface area contributed by atoms with Gasteiger partial charge in [-0.3, -0.25) is 4.79 Å². The average Bonchev–Trinajstić information content (AvgIpc) is 3.28. The predicted molar refractivity (Wildman–Crippen MR) is 121 cm³/mol. The minimum atomic E-state index is -0.502. The zero-order valence-electron chi connectivity index (χ0n) is 18.4. The largest absolute Gasteiger partial charge is 0.367 e. The van der Waals surface area contributed by atoms with E-state index < -0.39 is 5.82 Å². The van der Waals surface area contributed by atoms with E-state index in [-0.39, 0.29) is 11.6 Å². The highest BCUT2D eigenvalue weighted by Crippen LogP contribution is 2.29. The number of nitrogens with one attached hydrogen (secondary N) is 2. The molecule has 4 heterocycles. The van der Waals surface area contributed by atoms with Crippen molar-refractivity contribution in [1.82, 2.24) is 29.7 Å². The number of halogens is 1. The molecular formula is C22H25FN8O. The van der Waals surface area contributed by atoms with Gasteiger partial charge in [-0.25, -0.2) is 9.37 Å². The molecule has 1 aliphatic rings. The summed E-state index contributed by atoms with van der Waals surface area (Å²) in [5, 5.41) is 15.3. The van der Waals surface area contributed by atoms with Crippen molar-refractivity contribution in [3.8, 4) is 0 Å². The van der Waals surface area contributed by atoms with Gasteiger partial charge in [0.1, 0.15) is 11.0 Å². The van der Waals surface area contributed by atoms with E-state index in [4.69, 9.17) is 0 Å². The Kier molecular flexibility index (Phi) is 4.81. The molecule has 2 N–H and O–H groups in total. The maximum absolute atomic E-state index is 14.4. The van der Waals surface area contributed by atoms with E-state index in [1.165, 1.54) is 10.9 Å². The van der Waals surface area contributed by atoms with Gasteiger partial charge in [-0.15, -0.1) is 0 Å². The van der Waals surface area contributed by atoms with Crippen LogP contribution in [-0.4, -0.2) is 55.5 Å². The number of hydrogen-bond acceptors (Lipinski definition) is 6. The van der Waals surface area contributed by atoms with Crippen molar-refractivity contribution in [1.29, 1.82) is 0 Å². The summed E-state index contributed by atoms with van der Waals surface area (Å²) in [7, 11) is 1.74. The lowest BCUT2D eigenvalue weighted by Crippen LogP contribution is -2.54. The number of aromatic nitrogens is 5. The van der Waals surface area contributed by atoms with Crippen LogP contribution in [0.4, 0.5) is 15.8 Å². The average molecular weight is 436 g/mol. The van der Waals surface area contributed by atoms with Gasteiger partial charge >= 0.3 is 0 Å². The van der Waals surface area contributed by atoms with Crippen LogP contribution in [0.2, 0.25) is 0 Å². The molecule has 5 rings (SSSR count). The van der Waals surface area contributed by atoms with Gasteiger partial charge in [0.2, 0.25) is 0 Å². The van der Waals surface area contributed by atoms with E-state index in [9.17, 15) is 9.18 Å². The quantitative estimate of drug-likeness (QED) is 0.513. The van der Waals surface area contributed by atoms with Gasteiger partial charge in [0.15, 0.2) is 11.5 Å². The van der Waals surface area contributed by atoms with Crippen molar-refractivity contribution in [2.45, 2.75) is 32.9 Å². The first-order valence-corrected chi connectivity index (χ1v) is 10.6. The molecule has 0 aliphatic carbocycles. The van der Waals surface area contributed by atoms with Crippen LogP contribution in [0.1, 0.15) is 29.9 Å². The fraction of sp³-hybridized carbons (Fsp3) is 0.364. The number of anilines is 2. The summed E-state index contributed by atoms with van der Waals surface area (Å²) in [5.74, 6) is -0.877. The molecule has 166 valence electrons. The SMILES string of the molecule is Cc1cn2cc(NC(=O)c3ccc(N4CC(C)NC(C)C4)c4nn(C)nc34)cc(F)c2n1. The molecule has 4 aromatic rings. The van der Waals surface area contributed by atoms with Crippen LogP contribution in [0.25, 0.3) is 16.7 Å². The Morgan fingerprint density at radius 1 is 1.16 bits per heavy atom. The summed E-state index contributed by atoms with van der Waals surface area (Å²) in [5.41, 5.74) is 3.78. The fourth-order valence-corrected chi connectivity index (χ4v) is 4.49. The van der Waals surface area contributed by atoms with Crippen LogP contribution in [0.5, 0.6) is 0 Å². The minimum Gasteiger partial charge on any atom is -0.367 e. The molecule has 2 unspecified atom stereocenters. The van der Waals surface area contributed by atoms with Crippen molar-refractivity contribution in [3.05, 3.63) is 47.7 Å². The first-order chi connectivity index (χ1) is 15.3. The predicted octanol–water partition coefficient (Wildman–Crippen LogP) is 2.50. The second-order valence-corrected chi connectivity index (χ2v) is 8.54. The van der Waals surface area contributed by atoms with E-state index in [0.29, 0.717) is 40.1 Å². The molecule has 1 aromatic carbocycles. The normalized spacial score (nSPS) is 19.1. The number of hydrogen-bond donors (Lipinski definition) is 2. The van der Waals surface area contributed by atoms with E-state index in [2.05, 4.69) is 44.6 Å². The molecule has 0 radical (unpaired) electrons. The van der Waals surface area contributed by atoms with Crippen molar-refractivity contribution < 1.29 is 9.18 Å². The van der Waals surface area contributed by atoms with Crippen LogP contribution in [0, 0.1) is 12.7 Å². The molecule has 0 spiro atoms. The molecule has 32 heavy (non-hydrogen) atoms. The number of pyridine rings is 1. The van der Waals surface area contributed by atoms with Gasteiger partial charge in [-0.05, 0) is 32.9 Å². The lowest BCUT2D eigenvalue weighted by molar-refractivity contribution is 0.102. The minimum absolute atomic E-state index is 0.223. The number of carbonyl (C=O) groups is 1. The Hall–Kier alpha value is -3.53. The Labute approximate surface area is 184 Å². The summed E-state index contributed by atoms with van der Waals surface area (Å²) in [6.07, 6.45) is 3.35. The number of aryl methyl sites for hydroxylation is 2. The van der Waals surface area contributed by atoms with E-state index in [1.54, 1.807) is 36.8 Å². The van der Waals surface area contributed by atoms with Crippen molar-refractivity contribution in [2.24, 2.45) is 7.05 Å². The van der Waals surface area contributed by atoms with Crippen molar-refractivity contribution in [3.63, 3.8) is 0 Å². The highest BCUT2D eigenvalue weighted by Gasteiger charge is 2.25. The Morgan fingerprint density at radius 2 is 1.88 bits per heavy atom. The van der Waals surface area contributed by atoms with Crippen LogP contribution in [-0.2, 0) is 7.05 Å². The number of nitrogens with zero attached hydrogens (tertiary/aromatic N) is 6. The highest BCUT2D eigenvalue weighted by atomic mass is 19.1. The number of rotatable bonds is 3. The lowest BCUT2D eigenvalue weighted by atomic mass is 10.1. The molecule has 1 saturated heterocycles. The second kappa shape index (κ2) is 7.56. The fourth-order valence-electron chi connectivity index (χ4n) is 4.49. The number of benzene rings is 1. The smallest absolute Gasteiger partial charge is 0.258 e. The first kappa shape index (κ1) is 20.4. The topological polar surface area (TPSA) is 92.4 Å². The number of imidazole rings is 1. The molecule has 0 saturated carbocycles. The second-order valence-electron chi connectivity index (χ2n) is 8.54. The Balaban J connectivity index is 1.50. The first-order valence-electron chi connectivity index (χ1n) is 10.6. The van der Waals surface area contributed by atoms with E-state index >= 15 is 0 Å². The maximum Gasteiger partial charge on any atom is 0.258 e. The summed E-state index contributed by atoms with van der Waals surface area (Å²) in [6.45, 7) is 7.76. The number of amides is 1. The van der Waals surface area contributed by atoms with Crippen LogP contribution in [0.15, 0.2) is 30.6 Å². The molecular weight excluding hydrogens is 411 g/mol. The third kappa shape index (κ3) is 3.56. The third-order valence-electron chi connectivity index (χ3n) is 5.65.